The van der Waals surface area contributed by atoms with Gasteiger partial charge in [0.25, 0.3) is 0 Å². The molecule has 48 heavy (non-hydrogen) atoms. The number of imidazole rings is 1. The number of hydrogen-bond donors (Lipinski definition) is 0. The highest BCUT2D eigenvalue weighted by Gasteiger charge is 2.20. The molecule has 0 spiro atoms. The van der Waals surface area contributed by atoms with E-state index in [-0.39, 0.29) is 24.7 Å². The molecule has 2 aromatic heterocycles. The van der Waals surface area contributed by atoms with Crippen LogP contribution >= 0.6 is 0 Å². The van der Waals surface area contributed by atoms with Crippen LogP contribution in [0.1, 0.15) is 44.4 Å². The third-order valence-corrected chi connectivity index (χ3v) is 7.80. The van der Waals surface area contributed by atoms with Crippen molar-refractivity contribution in [2.45, 2.75) is 59.5 Å². The Morgan fingerprint density at radius 2 is 1.33 bits per heavy atom. The second-order valence-electron chi connectivity index (χ2n) is 12.5. The van der Waals surface area contributed by atoms with Crippen LogP contribution in [-0.4, -0.2) is 25.7 Å². The van der Waals surface area contributed by atoms with Crippen LogP contribution in [0, 0.1) is 0 Å². The number of carbonyl (C=O) groups excluding carboxylic acids is 1. The summed E-state index contributed by atoms with van der Waals surface area (Å²) in [7, 11) is 0. The maximum atomic E-state index is 14.0. The summed E-state index contributed by atoms with van der Waals surface area (Å²) in [6.07, 6.45) is 0.202. The molecule has 0 fully saturated rings. The van der Waals surface area contributed by atoms with E-state index in [4.69, 9.17) is 19.2 Å². The quantitative estimate of drug-likeness (QED) is 0.134. The summed E-state index contributed by atoms with van der Waals surface area (Å²) in [6.45, 7) is 8.64. The predicted molar refractivity (Wildman–Crippen MR) is 188 cm³/mol. The van der Waals surface area contributed by atoms with Crippen molar-refractivity contribution in [3.8, 4) is 28.6 Å². The van der Waals surface area contributed by atoms with Crippen LogP contribution in [0.15, 0.2) is 120 Å². The molecule has 0 saturated heterocycles. The largest absolute Gasteiger partial charge is 0.473 e. The lowest BCUT2D eigenvalue weighted by molar-refractivity contribution is -0.153. The SMILES string of the molecule is CCn1c(=O)n(-c2ccc(OCc3ccccc3)nc2OCc2ccccc2)c2ccc(-c3ccc(CC(=O)OC(C)(C)C)cc3)cc21. The molecule has 8 heteroatoms. The zero-order chi connectivity index (χ0) is 33.7. The van der Waals surface area contributed by atoms with Gasteiger partial charge in [-0.25, -0.2) is 4.79 Å². The normalized spacial score (nSPS) is 11.4. The Hall–Kier alpha value is -5.63. The van der Waals surface area contributed by atoms with Gasteiger partial charge in [0.2, 0.25) is 11.8 Å². The predicted octanol–water partition coefficient (Wildman–Crippen LogP) is 7.92. The van der Waals surface area contributed by atoms with E-state index in [1.807, 2.05) is 137 Å². The molecule has 2 heterocycles. The molecular formula is C40H39N3O5. The number of fused-ring (bicyclic) bond motifs is 1. The molecule has 0 aliphatic carbocycles. The van der Waals surface area contributed by atoms with Crippen LogP contribution in [0.4, 0.5) is 0 Å². The summed E-state index contributed by atoms with van der Waals surface area (Å²) >= 11 is 0. The van der Waals surface area contributed by atoms with Crippen molar-refractivity contribution in [2.24, 2.45) is 0 Å². The number of aryl methyl sites for hydroxylation is 1. The second-order valence-corrected chi connectivity index (χ2v) is 12.5. The van der Waals surface area contributed by atoms with E-state index in [1.54, 1.807) is 15.2 Å². The smallest absolute Gasteiger partial charge is 0.333 e. The highest BCUT2D eigenvalue weighted by molar-refractivity contribution is 5.84. The monoisotopic (exact) mass is 641 g/mol. The lowest BCUT2D eigenvalue weighted by Gasteiger charge is -2.19. The summed E-state index contributed by atoms with van der Waals surface area (Å²) in [4.78, 5) is 31.1. The number of esters is 1. The first-order valence-corrected chi connectivity index (χ1v) is 16.1. The fraction of sp³-hybridized carbons (Fsp3) is 0.225. The molecule has 0 N–H and O–H groups in total. The van der Waals surface area contributed by atoms with Gasteiger partial charge in [0.15, 0.2) is 0 Å². The van der Waals surface area contributed by atoms with Crippen molar-refractivity contribution < 1.29 is 19.0 Å². The molecule has 0 aliphatic heterocycles. The van der Waals surface area contributed by atoms with Crippen LogP contribution in [0.2, 0.25) is 0 Å². The van der Waals surface area contributed by atoms with Crippen molar-refractivity contribution in [2.75, 3.05) is 0 Å². The Labute approximate surface area is 280 Å². The molecule has 0 saturated carbocycles. The molecule has 4 aromatic carbocycles. The van der Waals surface area contributed by atoms with E-state index in [1.165, 1.54) is 0 Å². The van der Waals surface area contributed by atoms with E-state index >= 15 is 0 Å². The number of hydrogen-bond acceptors (Lipinski definition) is 6. The molecule has 6 rings (SSSR count). The van der Waals surface area contributed by atoms with Gasteiger partial charge in [-0.15, -0.1) is 0 Å². The molecule has 0 aliphatic rings. The molecule has 6 aromatic rings. The lowest BCUT2D eigenvalue weighted by atomic mass is 10.0. The molecule has 8 nitrogen and oxygen atoms in total. The zero-order valence-corrected chi connectivity index (χ0v) is 27.7. The Morgan fingerprint density at radius 3 is 1.96 bits per heavy atom. The van der Waals surface area contributed by atoms with Gasteiger partial charge in [0.1, 0.15) is 24.5 Å². The fourth-order valence-corrected chi connectivity index (χ4v) is 5.56. The van der Waals surface area contributed by atoms with Crippen LogP contribution in [0.25, 0.3) is 27.8 Å². The van der Waals surface area contributed by atoms with Gasteiger partial charge in [-0.3, -0.25) is 13.9 Å². The second kappa shape index (κ2) is 14.0. The van der Waals surface area contributed by atoms with Crippen molar-refractivity contribution in [1.29, 1.82) is 0 Å². The first kappa shape index (κ1) is 32.3. The summed E-state index contributed by atoms with van der Waals surface area (Å²) < 4.78 is 21.2. The van der Waals surface area contributed by atoms with Crippen LogP contribution in [-0.2, 0) is 35.7 Å². The van der Waals surface area contributed by atoms with Gasteiger partial charge in [0.05, 0.1) is 17.5 Å². The molecule has 0 radical (unpaired) electrons. The molecule has 0 bridgehead atoms. The van der Waals surface area contributed by atoms with Gasteiger partial charge >= 0.3 is 11.7 Å². The van der Waals surface area contributed by atoms with Gasteiger partial charge in [-0.1, -0.05) is 91.0 Å². The summed E-state index contributed by atoms with van der Waals surface area (Å²) in [6, 6.07) is 37.1. The number of benzene rings is 4. The van der Waals surface area contributed by atoms with Crippen LogP contribution < -0.4 is 15.2 Å². The number of carbonyl (C=O) groups is 1. The van der Waals surface area contributed by atoms with Gasteiger partial charge in [-0.05, 0) is 73.7 Å². The van der Waals surface area contributed by atoms with Crippen LogP contribution in [0.5, 0.6) is 11.8 Å². The van der Waals surface area contributed by atoms with E-state index in [9.17, 15) is 9.59 Å². The molecule has 244 valence electrons. The molecule has 0 unspecified atom stereocenters. The first-order chi connectivity index (χ1) is 23.2. The topological polar surface area (TPSA) is 84.6 Å². The average Bonchev–Trinajstić information content (AvgIpc) is 3.36. The number of ether oxygens (including phenoxy) is 3. The van der Waals surface area contributed by atoms with E-state index in [2.05, 4.69) is 0 Å². The van der Waals surface area contributed by atoms with Gasteiger partial charge < -0.3 is 14.2 Å². The fourth-order valence-electron chi connectivity index (χ4n) is 5.56. The minimum absolute atomic E-state index is 0.193. The summed E-state index contributed by atoms with van der Waals surface area (Å²) in [5.41, 5.74) is 6.12. The number of aromatic nitrogens is 3. The Balaban J connectivity index is 1.34. The minimum Gasteiger partial charge on any atom is -0.473 e. The molecule has 0 atom stereocenters. The molecular weight excluding hydrogens is 602 g/mol. The molecule has 0 amide bonds. The van der Waals surface area contributed by atoms with Crippen molar-refractivity contribution in [3.63, 3.8) is 0 Å². The number of pyridine rings is 1. The third kappa shape index (κ3) is 7.50. The van der Waals surface area contributed by atoms with Crippen molar-refractivity contribution >= 4 is 17.0 Å². The maximum absolute atomic E-state index is 14.0. The Kier molecular flexibility index (Phi) is 9.43. The zero-order valence-electron chi connectivity index (χ0n) is 27.7. The number of nitrogens with zero attached hydrogens (tertiary/aromatic N) is 3. The van der Waals surface area contributed by atoms with E-state index in [0.29, 0.717) is 30.6 Å². The summed E-state index contributed by atoms with van der Waals surface area (Å²) in [5, 5.41) is 0. The Bertz CT molecular complexity index is 2080. The van der Waals surface area contributed by atoms with Gasteiger partial charge in [-0.2, -0.15) is 4.98 Å². The first-order valence-electron chi connectivity index (χ1n) is 16.1. The minimum atomic E-state index is -0.527. The van der Waals surface area contributed by atoms with Crippen molar-refractivity contribution in [1.82, 2.24) is 14.1 Å². The average molecular weight is 642 g/mol. The maximum Gasteiger partial charge on any atom is 0.333 e. The highest BCUT2D eigenvalue weighted by Crippen LogP contribution is 2.30. The lowest BCUT2D eigenvalue weighted by Crippen LogP contribution is -2.24. The highest BCUT2D eigenvalue weighted by atomic mass is 16.6. The van der Waals surface area contributed by atoms with Crippen LogP contribution in [0.3, 0.4) is 0 Å². The Morgan fingerprint density at radius 1 is 0.708 bits per heavy atom. The number of rotatable bonds is 11. The van der Waals surface area contributed by atoms with Crippen molar-refractivity contribution in [3.05, 3.63) is 142 Å². The van der Waals surface area contributed by atoms with E-state index < -0.39 is 5.60 Å². The van der Waals surface area contributed by atoms with Gasteiger partial charge in [0, 0.05) is 12.6 Å². The standard InChI is InChI=1S/C40H39N3O5/c1-5-42-35-25-32(31-18-16-28(17-19-31)24-37(44)48-40(2,3)4)20-21-33(35)43(39(42)45)34-22-23-36(46-26-29-12-8-6-9-13-29)41-38(34)47-27-30-14-10-7-11-15-30/h6-23,25H,5,24,26-27H2,1-4H3. The van der Waals surface area contributed by atoms with E-state index in [0.717, 1.165) is 38.9 Å². The third-order valence-electron chi connectivity index (χ3n) is 7.80. The summed E-state index contributed by atoms with van der Waals surface area (Å²) in [5.74, 6) is 0.434.